The first-order chi connectivity index (χ1) is 9.32. The highest BCUT2D eigenvalue weighted by Gasteiger charge is 2.33. The Morgan fingerprint density at radius 2 is 2.00 bits per heavy atom. The fourth-order valence-electron chi connectivity index (χ4n) is 1.85. The molecule has 0 amide bonds. The van der Waals surface area contributed by atoms with E-state index in [-0.39, 0.29) is 6.04 Å². The molecule has 20 heavy (non-hydrogen) atoms. The molecule has 0 aliphatic carbocycles. The quantitative estimate of drug-likeness (QED) is 0.911. The molecule has 0 radical (unpaired) electrons. The van der Waals surface area contributed by atoms with E-state index in [0.29, 0.717) is 5.69 Å². The average molecular weight is 348 g/mol. The predicted octanol–water partition coefficient (Wildman–Crippen LogP) is 3.93. The van der Waals surface area contributed by atoms with Gasteiger partial charge in [0.2, 0.25) is 0 Å². The Kier molecular flexibility index (Phi) is 4.19. The largest absolute Gasteiger partial charge is 0.435 e. The van der Waals surface area contributed by atoms with Gasteiger partial charge in [0, 0.05) is 16.7 Å². The molecule has 1 heterocycles. The summed E-state index contributed by atoms with van der Waals surface area (Å²) in [5, 5.41) is 6.68. The third kappa shape index (κ3) is 3.04. The van der Waals surface area contributed by atoms with Gasteiger partial charge in [-0.3, -0.25) is 0 Å². The van der Waals surface area contributed by atoms with E-state index < -0.39 is 11.9 Å². The summed E-state index contributed by atoms with van der Waals surface area (Å²) in [5.41, 5.74) is 0.577. The molecule has 0 bridgehead atoms. The molecule has 1 atom stereocenters. The summed E-state index contributed by atoms with van der Waals surface area (Å²) in [5.74, 6) is 0. The summed E-state index contributed by atoms with van der Waals surface area (Å²) in [7, 11) is 1.79. The number of hydrogen-bond donors (Lipinski definition) is 1. The first-order valence-electron chi connectivity index (χ1n) is 5.93. The lowest BCUT2D eigenvalue weighted by atomic mass is 10.1. The zero-order valence-corrected chi connectivity index (χ0v) is 12.5. The van der Waals surface area contributed by atoms with Crippen LogP contribution in [0.4, 0.5) is 13.2 Å². The van der Waals surface area contributed by atoms with E-state index >= 15 is 0 Å². The van der Waals surface area contributed by atoms with Crippen LogP contribution in [0.15, 0.2) is 34.9 Å². The van der Waals surface area contributed by atoms with Crippen molar-refractivity contribution in [1.29, 1.82) is 0 Å². The number of halogens is 4. The molecule has 1 N–H and O–H groups in total. The number of benzene rings is 1. The molecule has 0 saturated heterocycles. The molecule has 1 aromatic heterocycles. The maximum Gasteiger partial charge on any atom is 0.435 e. The predicted molar refractivity (Wildman–Crippen MR) is 73.7 cm³/mol. The maximum atomic E-state index is 12.6. The monoisotopic (exact) mass is 347 g/mol. The summed E-state index contributed by atoms with van der Waals surface area (Å²) in [6.45, 7) is 1.93. The van der Waals surface area contributed by atoms with E-state index in [9.17, 15) is 13.2 Å². The topological polar surface area (TPSA) is 29.9 Å². The van der Waals surface area contributed by atoms with Crippen LogP contribution in [0.2, 0.25) is 0 Å². The van der Waals surface area contributed by atoms with Gasteiger partial charge in [-0.2, -0.15) is 18.3 Å². The van der Waals surface area contributed by atoms with Crippen molar-refractivity contribution in [1.82, 2.24) is 15.1 Å². The molecule has 7 heteroatoms. The third-order valence-electron chi connectivity index (χ3n) is 3.02. The minimum Gasteiger partial charge on any atom is -0.313 e. The summed E-state index contributed by atoms with van der Waals surface area (Å²) in [6, 6.07) is 6.33. The van der Waals surface area contributed by atoms with E-state index in [0.717, 1.165) is 16.1 Å². The molecule has 0 spiro atoms. The number of nitrogens with one attached hydrogen (secondary N) is 1. The fourth-order valence-corrected chi connectivity index (χ4v) is 2.22. The number of alkyl halides is 3. The van der Waals surface area contributed by atoms with E-state index in [1.807, 2.05) is 13.0 Å². The van der Waals surface area contributed by atoms with Gasteiger partial charge in [0.05, 0.1) is 5.69 Å². The summed E-state index contributed by atoms with van der Waals surface area (Å²) in [6.07, 6.45) is -3.12. The molecule has 1 unspecified atom stereocenters. The van der Waals surface area contributed by atoms with Crippen molar-refractivity contribution in [3.63, 3.8) is 0 Å². The van der Waals surface area contributed by atoms with Gasteiger partial charge >= 0.3 is 6.18 Å². The van der Waals surface area contributed by atoms with Crippen LogP contribution < -0.4 is 5.32 Å². The fraction of sp³-hybridized carbons (Fsp3) is 0.308. The molecule has 2 aromatic rings. The number of nitrogens with zero attached hydrogens (tertiary/aromatic N) is 2. The minimum absolute atomic E-state index is 0.0129. The van der Waals surface area contributed by atoms with Crippen LogP contribution in [0.25, 0.3) is 5.69 Å². The molecule has 0 aliphatic heterocycles. The Balaban J connectivity index is 2.50. The number of aromatic nitrogens is 2. The SMILES string of the molecule is CNC(C)c1cc(Br)ccc1-n1ccc(C(F)(F)F)n1. The number of hydrogen-bond acceptors (Lipinski definition) is 2. The van der Waals surface area contributed by atoms with Crippen LogP contribution in [-0.4, -0.2) is 16.8 Å². The molecule has 1 aromatic carbocycles. The second-order valence-corrected chi connectivity index (χ2v) is 5.27. The van der Waals surface area contributed by atoms with E-state index in [2.05, 4.69) is 26.3 Å². The first kappa shape index (κ1) is 15.1. The van der Waals surface area contributed by atoms with Crippen LogP contribution in [0.1, 0.15) is 24.2 Å². The number of rotatable bonds is 3. The van der Waals surface area contributed by atoms with Gasteiger partial charge in [-0.15, -0.1) is 0 Å². The smallest absolute Gasteiger partial charge is 0.313 e. The van der Waals surface area contributed by atoms with Crippen LogP contribution in [0.3, 0.4) is 0 Å². The van der Waals surface area contributed by atoms with Crippen molar-refractivity contribution >= 4 is 15.9 Å². The molecule has 0 saturated carbocycles. The zero-order valence-electron chi connectivity index (χ0n) is 10.9. The van der Waals surface area contributed by atoms with Crippen LogP contribution in [0.5, 0.6) is 0 Å². The third-order valence-corrected chi connectivity index (χ3v) is 3.51. The van der Waals surface area contributed by atoms with Gasteiger partial charge in [0.1, 0.15) is 0 Å². The Morgan fingerprint density at radius 3 is 2.55 bits per heavy atom. The minimum atomic E-state index is -4.44. The Bertz CT molecular complexity index is 607. The van der Waals surface area contributed by atoms with Crippen molar-refractivity contribution in [2.75, 3.05) is 7.05 Å². The normalized spacial score (nSPS) is 13.5. The zero-order chi connectivity index (χ0) is 14.9. The van der Waals surface area contributed by atoms with Gasteiger partial charge in [-0.1, -0.05) is 15.9 Å². The highest BCUT2D eigenvalue weighted by Crippen LogP contribution is 2.30. The molecule has 2 rings (SSSR count). The molecule has 0 fully saturated rings. The van der Waals surface area contributed by atoms with Gasteiger partial charge < -0.3 is 5.32 Å². The molecular formula is C13H13BrF3N3. The molecule has 108 valence electrons. The van der Waals surface area contributed by atoms with Crippen LogP contribution in [0, 0.1) is 0 Å². The molecule has 0 aliphatic rings. The van der Waals surface area contributed by atoms with E-state index in [4.69, 9.17) is 0 Å². The van der Waals surface area contributed by atoms with Crippen molar-refractivity contribution in [3.8, 4) is 5.69 Å². The Morgan fingerprint density at radius 1 is 1.30 bits per heavy atom. The summed E-state index contributed by atoms with van der Waals surface area (Å²) >= 11 is 3.37. The van der Waals surface area contributed by atoms with E-state index in [1.54, 1.807) is 19.2 Å². The second-order valence-electron chi connectivity index (χ2n) is 4.36. The highest BCUT2D eigenvalue weighted by molar-refractivity contribution is 9.10. The van der Waals surface area contributed by atoms with Crippen LogP contribution in [-0.2, 0) is 6.18 Å². The Labute approximate surface area is 122 Å². The van der Waals surface area contributed by atoms with Crippen molar-refractivity contribution in [2.24, 2.45) is 0 Å². The lowest BCUT2D eigenvalue weighted by Crippen LogP contribution is -2.15. The van der Waals surface area contributed by atoms with Crippen LogP contribution >= 0.6 is 15.9 Å². The van der Waals surface area contributed by atoms with Crippen molar-refractivity contribution in [2.45, 2.75) is 19.1 Å². The summed E-state index contributed by atoms with van der Waals surface area (Å²) < 4.78 is 39.9. The van der Waals surface area contributed by atoms with Gasteiger partial charge in [0.25, 0.3) is 0 Å². The van der Waals surface area contributed by atoms with E-state index in [1.165, 1.54) is 10.9 Å². The van der Waals surface area contributed by atoms with Gasteiger partial charge in [-0.25, -0.2) is 4.68 Å². The standard InChI is InChI=1S/C13H13BrF3N3/c1-8(18-2)10-7-9(14)3-4-11(10)20-6-5-12(19-20)13(15,16)17/h3-8,18H,1-2H3. The van der Waals surface area contributed by atoms with Gasteiger partial charge in [0.15, 0.2) is 5.69 Å². The van der Waals surface area contributed by atoms with Crippen molar-refractivity contribution in [3.05, 3.63) is 46.2 Å². The highest BCUT2D eigenvalue weighted by atomic mass is 79.9. The lowest BCUT2D eigenvalue weighted by Gasteiger charge is -2.16. The molecule has 3 nitrogen and oxygen atoms in total. The van der Waals surface area contributed by atoms with Crippen molar-refractivity contribution < 1.29 is 13.2 Å². The average Bonchev–Trinajstić information content (AvgIpc) is 2.87. The maximum absolute atomic E-state index is 12.6. The Hall–Kier alpha value is -1.34. The second kappa shape index (κ2) is 5.57. The van der Waals surface area contributed by atoms with Gasteiger partial charge in [-0.05, 0) is 43.8 Å². The lowest BCUT2D eigenvalue weighted by molar-refractivity contribution is -0.141. The molecular weight excluding hydrogens is 335 g/mol. The first-order valence-corrected chi connectivity index (χ1v) is 6.72. The summed E-state index contributed by atoms with van der Waals surface area (Å²) in [4.78, 5) is 0.